The fraction of sp³-hybridized carbons (Fsp3) is 0.458. The molecule has 0 aromatic heterocycles. The van der Waals surface area contributed by atoms with Crippen LogP contribution in [0.2, 0.25) is 0 Å². The summed E-state index contributed by atoms with van der Waals surface area (Å²) in [6.07, 6.45) is 6.97. The van der Waals surface area contributed by atoms with Gasteiger partial charge in [-0.1, -0.05) is 72.8 Å². The van der Waals surface area contributed by atoms with Gasteiger partial charge in [0.15, 0.2) is 0 Å². The van der Waals surface area contributed by atoms with Crippen molar-refractivity contribution in [3.05, 3.63) is 64.1 Å². The summed E-state index contributed by atoms with van der Waals surface area (Å²) in [5.41, 5.74) is 2.07. The van der Waals surface area contributed by atoms with Crippen molar-refractivity contribution in [3.63, 3.8) is 0 Å². The van der Waals surface area contributed by atoms with Gasteiger partial charge in [0.2, 0.25) is 10.0 Å². The molecule has 1 unspecified atom stereocenters. The molecule has 170 valence electrons. The second-order valence-electron chi connectivity index (χ2n) is 7.65. The number of ether oxygens (including phenoxy) is 1. The highest BCUT2D eigenvalue weighted by molar-refractivity contribution is 9.10. The number of halogens is 1. The molecule has 0 aliphatic heterocycles. The summed E-state index contributed by atoms with van der Waals surface area (Å²) in [6, 6.07) is 14.4. The molecule has 0 amide bonds. The molecule has 0 aliphatic carbocycles. The van der Waals surface area contributed by atoms with E-state index in [0.29, 0.717) is 6.42 Å². The Hall–Kier alpha value is -1.70. The van der Waals surface area contributed by atoms with Crippen LogP contribution in [0.4, 0.5) is 0 Å². The van der Waals surface area contributed by atoms with Crippen LogP contribution >= 0.6 is 15.9 Å². The first-order valence-corrected chi connectivity index (χ1v) is 13.1. The number of aryl methyl sites for hydroxylation is 1. The molecule has 5 nitrogen and oxygen atoms in total. The summed E-state index contributed by atoms with van der Waals surface area (Å²) < 4.78 is 34.3. The summed E-state index contributed by atoms with van der Waals surface area (Å²) in [7, 11) is -2.23. The third-order valence-electron chi connectivity index (χ3n) is 5.22. The van der Waals surface area contributed by atoms with Gasteiger partial charge in [-0.05, 0) is 54.7 Å². The Balaban J connectivity index is 2.11. The molecular weight excluding hydrogens is 478 g/mol. The third kappa shape index (κ3) is 8.75. The van der Waals surface area contributed by atoms with Gasteiger partial charge in [0.25, 0.3) is 0 Å². The Labute approximate surface area is 194 Å². The lowest BCUT2D eigenvalue weighted by molar-refractivity contribution is -0.140. The molecule has 0 saturated carbocycles. The molecule has 7 heteroatoms. The molecule has 31 heavy (non-hydrogen) atoms. The number of unbranched alkanes of at least 4 members (excludes halogenated alkanes) is 3. The molecule has 2 aromatic rings. The molecular formula is C24H32BrNO4S. The second kappa shape index (κ2) is 13.0. The van der Waals surface area contributed by atoms with Gasteiger partial charge < -0.3 is 4.74 Å². The zero-order chi connectivity index (χ0) is 22.7. The second-order valence-corrected chi connectivity index (χ2v) is 10.3. The maximum Gasteiger partial charge on any atom is 0.305 e. The maximum atomic E-state index is 12.9. The smallest absolute Gasteiger partial charge is 0.305 e. The number of esters is 1. The summed E-state index contributed by atoms with van der Waals surface area (Å²) >= 11 is 3.34. The number of carbonyl (C=O) groups excluding carboxylic acids is 1. The number of hydrogen-bond acceptors (Lipinski definition) is 4. The zero-order valence-corrected chi connectivity index (χ0v) is 20.7. The maximum absolute atomic E-state index is 12.9. The van der Waals surface area contributed by atoms with Crippen LogP contribution in [-0.4, -0.2) is 21.5 Å². The number of rotatable bonds is 13. The van der Waals surface area contributed by atoms with Crippen LogP contribution in [0.1, 0.15) is 69.0 Å². The summed E-state index contributed by atoms with van der Waals surface area (Å²) in [5, 5.41) is 0. The van der Waals surface area contributed by atoms with Crippen LogP contribution in [0.25, 0.3) is 0 Å². The van der Waals surface area contributed by atoms with Gasteiger partial charge in [0.1, 0.15) is 0 Å². The van der Waals surface area contributed by atoms with Gasteiger partial charge in [0.05, 0.1) is 12.0 Å². The van der Waals surface area contributed by atoms with E-state index in [1.807, 2.05) is 24.3 Å². The van der Waals surface area contributed by atoms with E-state index >= 15 is 0 Å². The number of carbonyl (C=O) groups is 1. The van der Waals surface area contributed by atoms with Crippen molar-refractivity contribution in [2.45, 2.75) is 69.2 Å². The minimum absolute atomic E-state index is 0.203. The third-order valence-corrected chi connectivity index (χ3v) is 7.24. The Morgan fingerprint density at radius 2 is 1.68 bits per heavy atom. The highest BCUT2D eigenvalue weighted by Gasteiger charge is 2.21. The van der Waals surface area contributed by atoms with Crippen molar-refractivity contribution < 1.29 is 17.9 Å². The number of benzene rings is 2. The number of nitrogens with one attached hydrogen (secondary N) is 1. The van der Waals surface area contributed by atoms with Crippen molar-refractivity contribution in [2.75, 3.05) is 7.11 Å². The number of sulfonamides is 1. The van der Waals surface area contributed by atoms with Crippen molar-refractivity contribution in [1.29, 1.82) is 0 Å². The molecule has 1 N–H and O–H groups in total. The topological polar surface area (TPSA) is 72.5 Å². The molecule has 0 saturated heterocycles. The predicted molar refractivity (Wildman–Crippen MR) is 127 cm³/mol. The van der Waals surface area contributed by atoms with E-state index in [0.717, 1.165) is 60.5 Å². The Kier molecular flexibility index (Phi) is 10.7. The van der Waals surface area contributed by atoms with E-state index in [4.69, 9.17) is 0 Å². The van der Waals surface area contributed by atoms with E-state index in [2.05, 4.69) is 32.3 Å². The number of methoxy groups -OCH3 is 1. The van der Waals surface area contributed by atoms with E-state index in [1.54, 1.807) is 24.3 Å². The van der Waals surface area contributed by atoms with Crippen LogP contribution < -0.4 is 4.72 Å². The van der Waals surface area contributed by atoms with Gasteiger partial charge in [0, 0.05) is 16.9 Å². The first kappa shape index (κ1) is 25.6. The molecule has 0 fully saturated rings. The van der Waals surface area contributed by atoms with Crippen molar-refractivity contribution >= 4 is 31.9 Å². The van der Waals surface area contributed by atoms with E-state index in [9.17, 15) is 13.2 Å². The van der Waals surface area contributed by atoms with Crippen molar-refractivity contribution in [3.8, 4) is 0 Å². The van der Waals surface area contributed by atoms with Gasteiger partial charge in [-0.15, -0.1) is 0 Å². The van der Waals surface area contributed by atoms with Gasteiger partial charge >= 0.3 is 5.97 Å². The molecule has 0 bridgehead atoms. The monoisotopic (exact) mass is 509 g/mol. The molecule has 2 aromatic carbocycles. The largest absolute Gasteiger partial charge is 0.469 e. The van der Waals surface area contributed by atoms with Crippen LogP contribution in [-0.2, 0) is 26.0 Å². The first-order valence-electron chi connectivity index (χ1n) is 10.8. The average molecular weight is 510 g/mol. The lowest BCUT2D eigenvalue weighted by Gasteiger charge is -2.20. The van der Waals surface area contributed by atoms with Crippen LogP contribution in [0.5, 0.6) is 0 Å². The lowest BCUT2D eigenvalue weighted by atomic mass is 9.98. The summed E-state index contributed by atoms with van der Waals surface area (Å²) in [5.74, 6) is -0.203. The van der Waals surface area contributed by atoms with Gasteiger partial charge in [-0.3, -0.25) is 4.79 Å². The number of hydrogen-bond donors (Lipinski definition) is 1. The minimum atomic E-state index is -3.63. The molecule has 0 heterocycles. The SMILES string of the molecule is CCCCCCC(NS(=O)(=O)c1ccc(Br)cc1)c1ccc(CCCC(=O)OC)cc1. The summed E-state index contributed by atoms with van der Waals surface area (Å²) in [6.45, 7) is 2.16. The standard InChI is InChI=1S/C24H32BrNO4S/c1-3-4-5-6-9-23(26-31(28,29)22-17-15-21(25)16-18-22)20-13-11-19(12-14-20)8-7-10-24(27)30-2/h11-18,23,26H,3-10H2,1-2H3. The molecule has 1 atom stereocenters. The van der Waals surface area contributed by atoms with E-state index < -0.39 is 10.0 Å². The van der Waals surface area contributed by atoms with Gasteiger partial charge in [-0.25, -0.2) is 13.1 Å². The predicted octanol–water partition coefficient (Wildman–Crippen LogP) is 5.93. The molecule has 0 aliphatic rings. The first-order chi connectivity index (χ1) is 14.9. The fourth-order valence-corrected chi connectivity index (χ4v) is 4.92. The molecule has 2 rings (SSSR count). The Morgan fingerprint density at radius 3 is 2.29 bits per heavy atom. The summed E-state index contributed by atoms with van der Waals surface area (Å²) in [4.78, 5) is 11.5. The lowest BCUT2D eigenvalue weighted by Crippen LogP contribution is -2.28. The normalized spacial score (nSPS) is 12.5. The van der Waals surface area contributed by atoms with Crippen molar-refractivity contribution in [1.82, 2.24) is 4.72 Å². The van der Waals surface area contributed by atoms with E-state index in [-0.39, 0.29) is 16.9 Å². The molecule has 0 spiro atoms. The fourth-order valence-electron chi connectivity index (χ4n) is 3.39. The van der Waals surface area contributed by atoms with Crippen molar-refractivity contribution in [2.24, 2.45) is 0 Å². The highest BCUT2D eigenvalue weighted by atomic mass is 79.9. The van der Waals surface area contributed by atoms with Crippen LogP contribution in [0.15, 0.2) is 57.9 Å². The van der Waals surface area contributed by atoms with Crippen LogP contribution in [0.3, 0.4) is 0 Å². The van der Waals surface area contributed by atoms with E-state index in [1.165, 1.54) is 7.11 Å². The Bertz CT molecular complexity index is 912. The van der Waals surface area contributed by atoms with Gasteiger partial charge in [-0.2, -0.15) is 0 Å². The Morgan fingerprint density at radius 1 is 1.00 bits per heavy atom. The minimum Gasteiger partial charge on any atom is -0.469 e. The molecule has 0 radical (unpaired) electrons. The zero-order valence-electron chi connectivity index (χ0n) is 18.3. The average Bonchev–Trinajstić information content (AvgIpc) is 2.76. The quantitative estimate of drug-likeness (QED) is 0.268. The highest BCUT2D eigenvalue weighted by Crippen LogP contribution is 2.25. The van der Waals surface area contributed by atoms with Crippen LogP contribution in [0, 0.1) is 0 Å².